The lowest BCUT2D eigenvalue weighted by Gasteiger charge is -2.36. The molecule has 6 nitrogen and oxygen atoms in total. The molecular formula is C28H26N4O2. The number of ether oxygens (including phenoxy) is 1. The summed E-state index contributed by atoms with van der Waals surface area (Å²) in [7, 11) is 0. The molecule has 5 rings (SSSR count). The maximum atomic E-state index is 13.5. The van der Waals surface area contributed by atoms with Crippen LogP contribution in [0.4, 0.5) is 11.4 Å². The fourth-order valence-corrected chi connectivity index (χ4v) is 4.81. The zero-order valence-corrected chi connectivity index (χ0v) is 19.5. The van der Waals surface area contributed by atoms with E-state index in [-0.39, 0.29) is 17.8 Å². The Kier molecular flexibility index (Phi) is 5.64. The minimum absolute atomic E-state index is 0.151. The first-order valence-corrected chi connectivity index (χ1v) is 11.4. The standard InChI is InChI=1S/C28H26N4O2/c1-18-15-32(24-11-9-23(10-12-24)31-16-19(2)34-20(3)17-31)28(33)27-26(18)25(13-14-30-27)21-5-7-22(29-4)8-6-21/h5-15,19-20H,16-17H2,1-3H3/t19-,20+. The van der Waals surface area contributed by atoms with E-state index in [0.29, 0.717) is 11.2 Å². The molecule has 0 bridgehead atoms. The molecule has 0 amide bonds. The van der Waals surface area contributed by atoms with Crippen molar-refractivity contribution < 1.29 is 4.74 Å². The molecule has 0 aliphatic carbocycles. The average molecular weight is 451 g/mol. The molecule has 1 fully saturated rings. The number of aromatic nitrogens is 2. The Morgan fingerprint density at radius 2 is 1.62 bits per heavy atom. The molecule has 0 saturated carbocycles. The summed E-state index contributed by atoms with van der Waals surface area (Å²) in [5.41, 5.74) is 5.67. The Morgan fingerprint density at radius 1 is 0.971 bits per heavy atom. The molecule has 2 aromatic heterocycles. The smallest absolute Gasteiger partial charge is 0.281 e. The van der Waals surface area contributed by atoms with E-state index < -0.39 is 0 Å². The van der Waals surface area contributed by atoms with Gasteiger partial charge in [0.2, 0.25) is 0 Å². The van der Waals surface area contributed by atoms with Gasteiger partial charge in [-0.2, -0.15) is 0 Å². The molecular weight excluding hydrogens is 424 g/mol. The molecule has 0 unspecified atom stereocenters. The number of morpholine rings is 1. The predicted molar refractivity (Wildman–Crippen MR) is 136 cm³/mol. The molecule has 4 aromatic rings. The summed E-state index contributed by atoms with van der Waals surface area (Å²) in [5, 5.41) is 0.840. The van der Waals surface area contributed by atoms with Crippen LogP contribution in [0.1, 0.15) is 19.4 Å². The summed E-state index contributed by atoms with van der Waals surface area (Å²) >= 11 is 0. The third-order valence-electron chi connectivity index (χ3n) is 6.31. The first-order chi connectivity index (χ1) is 16.4. The summed E-state index contributed by atoms with van der Waals surface area (Å²) in [4.78, 5) is 23.7. The third-order valence-corrected chi connectivity index (χ3v) is 6.31. The quantitative estimate of drug-likeness (QED) is 0.386. The van der Waals surface area contributed by atoms with E-state index in [2.05, 4.69) is 40.7 Å². The van der Waals surface area contributed by atoms with E-state index in [9.17, 15) is 4.79 Å². The van der Waals surface area contributed by atoms with E-state index in [0.717, 1.165) is 46.5 Å². The number of anilines is 1. The fraction of sp³-hybridized carbons (Fsp3) is 0.250. The van der Waals surface area contributed by atoms with E-state index in [1.165, 1.54) is 0 Å². The van der Waals surface area contributed by atoms with E-state index in [4.69, 9.17) is 11.3 Å². The van der Waals surface area contributed by atoms with Crippen LogP contribution in [-0.4, -0.2) is 34.8 Å². The Labute approximate surface area is 198 Å². The van der Waals surface area contributed by atoms with Gasteiger partial charge in [0.1, 0.15) is 5.52 Å². The van der Waals surface area contributed by atoms with Crippen LogP contribution in [0.5, 0.6) is 0 Å². The summed E-state index contributed by atoms with van der Waals surface area (Å²) in [6.45, 7) is 15.1. The third kappa shape index (κ3) is 3.95. The van der Waals surface area contributed by atoms with Crippen LogP contribution in [0.2, 0.25) is 0 Å². The maximum Gasteiger partial charge on any atom is 0.281 e. The van der Waals surface area contributed by atoms with Gasteiger partial charge in [-0.15, -0.1) is 0 Å². The number of fused-ring (bicyclic) bond motifs is 1. The van der Waals surface area contributed by atoms with Crippen LogP contribution < -0.4 is 10.5 Å². The fourth-order valence-electron chi connectivity index (χ4n) is 4.81. The first kappa shape index (κ1) is 21.9. The van der Waals surface area contributed by atoms with Crippen LogP contribution in [0, 0.1) is 13.5 Å². The highest BCUT2D eigenvalue weighted by molar-refractivity contribution is 5.96. The molecule has 0 spiro atoms. The van der Waals surface area contributed by atoms with Crippen molar-refractivity contribution in [2.45, 2.75) is 33.0 Å². The van der Waals surface area contributed by atoms with Gasteiger partial charge in [-0.3, -0.25) is 14.3 Å². The van der Waals surface area contributed by atoms with Gasteiger partial charge in [0.25, 0.3) is 5.56 Å². The van der Waals surface area contributed by atoms with Crippen molar-refractivity contribution >= 4 is 22.3 Å². The maximum absolute atomic E-state index is 13.5. The molecule has 2 aromatic carbocycles. The van der Waals surface area contributed by atoms with E-state index >= 15 is 0 Å². The van der Waals surface area contributed by atoms with Crippen molar-refractivity contribution in [1.29, 1.82) is 0 Å². The monoisotopic (exact) mass is 450 g/mol. The number of aryl methyl sites for hydroxylation is 1. The van der Waals surface area contributed by atoms with Crippen LogP contribution >= 0.6 is 0 Å². The number of benzene rings is 2. The second-order valence-electron chi connectivity index (χ2n) is 8.91. The molecule has 170 valence electrons. The topological polar surface area (TPSA) is 51.7 Å². The van der Waals surface area contributed by atoms with E-state index in [1.807, 2.05) is 43.5 Å². The molecule has 6 heteroatoms. The summed E-state index contributed by atoms with van der Waals surface area (Å²) in [5.74, 6) is 0. The largest absolute Gasteiger partial charge is 0.372 e. The molecule has 1 aliphatic rings. The van der Waals surface area contributed by atoms with Crippen molar-refractivity contribution in [3.05, 3.63) is 94.3 Å². The highest BCUT2D eigenvalue weighted by atomic mass is 16.5. The van der Waals surface area contributed by atoms with Crippen LogP contribution in [-0.2, 0) is 4.74 Å². The number of pyridine rings is 2. The Balaban J connectivity index is 1.55. The lowest BCUT2D eigenvalue weighted by Crippen LogP contribution is -2.45. The van der Waals surface area contributed by atoms with Gasteiger partial charge in [-0.05, 0) is 67.8 Å². The summed E-state index contributed by atoms with van der Waals surface area (Å²) < 4.78 is 7.52. The predicted octanol–water partition coefficient (Wildman–Crippen LogP) is 5.53. The summed E-state index contributed by atoms with van der Waals surface area (Å²) in [6, 6.07) is 17.4. The van der Waals surface area contributed by atoms with Gasteiger partial charge in [-0.1, -0.05) is 24.3 Å². The number of hydrogen-bond acceptors (Lipinski definition) is 4. The number of hydrogen-bond donors (Lipinski definition) is 0. The van der Waals surface area contributed by atoms with Gasteiger partial charge >= 0.3 is 0 Å². The Hall–Kier alpha value is -3.95. The minimum Gasteiger partial charge on any atom is -0.372 e. The van der Waals surface area contributed by atoms with Crippen LogP contribution in [0.15, 0.2) is 71.8 Å². The van der Waals surface area contributed by atoms with Crippen LogP contribution in [0.3, 0.4) is 0 Å². The lowest BCUT2D eigenvalue weighted by molar-refractivity contribution is -0.00521. The normalized spacial score (nSPS) is 18.1. The molecule has 34 heavy (non-hydrogen) atoms. The minimum atomic E-state index is -0.151. The molecule has 1 aliphatic heterocycles. The Morgan fingerprint density at radius 3 is 2.26 bits per heavy atom. The molecule has 2 atom stereocenters. The van der Waals surface area contributed by atoms with Crippen LogP contribution in [0.25, 0.3) is 32.6 Å². The van der Waals surface area contributed by atoms with Gasteiger partial charge in [-0.25, -0.2) is 4.85 Å². The molecule has 3 heterocycles. The highest BCUT2D eigenvalue weighted by Gasteiger charge is 2.22. The SMILES string of the molecule is [C-]#[N+]c1ccc(-c2ccnc3c(=O)n(-c4ccc(N5C[C@@H](C)O[C@@H](C)C5)cc4)cc(C)c23)cc1. The van der Waals surface area contributed by atoms with Crippen molar-refractivity contribution in [1.82, 2.24) is 9.55 Å². The average Bonchev–Trinajstić information content (AvgIpc) is 2.85. The number of nitrogens with zero attached hydrogens (tertiary/aromatic N) is 4. The second kappa shape index (κ2) is 8.77. The second-order valence-corrected chi connectivity index (χ2v) is 8.91. The van der Waals surface area contributed by atoms with Crippen molar-refractivity contribution in [2.75, 3.05) is 18.0 Å². The number of rotatable bonds is 3. The summed E-state index contributed by atoms with van der Waals surface area (Å²) in [6.07, 6.45) is 3.94. The molecule has 0 N–H and O–H groups in total. The van der Waals surface area contributed by atoms with Gasteiger partial charge in [0.05, 0.1) is 18.8 Å². The van der Waals surface area contributed by atoms with Gasteiger partial charge in [0.15, 0.2) is 5.69 Å². The van der Waals surface area contributed by atoms with E-state index in [1.54, 1.807) is 22.9 Å². The zero-order valence-electron chi connectivity index (χ0n) is 19.5. The zero-order chi connectivity index (χ0) is 23.8. The molecule has 0 radical (unpaired) electrons. The lowest BCUT2D eigenvalue weighted by atomic mass is 9.99. The van der Waals surface area contributed by atoms with Gasteiger partial charge in [0, 0.05) is 42.2 Å². The highest BCUT2D eigenvalue weighted by Crippen LogP contribution is 2.30. The van der Waals surface area contributed by atoms with Crippen molar-refractivity contribution in [3.8, 4) is 16.8 Å². The van der Waals surface area contributed by atoms with Crippen molar-refractivity contribution in [3.63, 3.8) is 0 Å². The van der Waals surface area contributed by atoms with Crippen molar-refractivity contribution in [2.24, 2.45) is 0 Å². The Bertz CT molecular complexity index is 1440. The van der Waals surface area contributed by atoms with Gasteiger partial charge < -0.3 is 9.64 Å². The molecule has 1 saturated heterocycles. The first-order valence-electron chi connectivity index (χ1n) is 11.4.